The molecule has 0 amide bonds. The van der Waals surface area contributed by atoms with E-state index in [4.69, 9.17) is 0 Å². The van der Waals surface area contributed by atoms with Gasteiger partial charge in [0.05, 0.1) is 4.90 Å². The highest BCUT2D eigenvalue weighted by atomic mass is 32.2. The molecule has 0 aliphatic carbocycles. The first-order valence-corrected chi connectivity index (χ1v) is 7.71. The fraction of sp³-hybridized carbons (Fsp3) is 0. The first-order chi connectivity index (χ1) is 11.0. The highest BCUT2D eigenvalue weighted by Gasteiger charge is 2.23. The van der Waals surface area contributed by atoms with Crippen LogP contribution in [0.3, 0.4) is 0 Å². The van der Waals surface area contributed by atoms with E-state index in [1.165, 1.54) is 0 Å². The highest BCUT2D eigenvalue weighted by molar-refractivity contribution is 8.01. The van der Waals surface area contributed by atoms with Gasteiger partial charge in [-0.3, -0.25) is 0 Å². The van der Waals surface area contributed by atoms with Crippen molar-refractivity contribution in [2.45, 2.75) is 9.24 Å². The number of benzene rings is 1. The zero-order valence-electron chi connectivity index (χ0n) is 11.1. The zero-order chi connectivity index (χ0) is 16.4. The van der Waals surface area contributed by atoms with Crippen LogP contribution in [0.15, 0.2) is 39.6 Å². The Morgan fingerprint density at radius 2 is 1.57 bits per heavy atom. The molecule has 118 valence electrons. The molecule has 1 aromatic carbocycles. The average molecular weight is 358 g/mol. The van der Waals surface area contributed by atoms with Crippen LogP contribution in [0, 0.1) is 23.5 Å². The molecule has 1 N–H and O–H groups in total. The van der Waals surface area contributed by atoms with Crippen LogP contribution in [-0.2, 0) is 0 Å². The molecular weight excluding hydrogens is 352 g/mol. The molecule has 4 nitrogen and oxygen atoms in total. The van der Waals surface area contributed by atoms with E-state index in [-0.39, 0.29) is 4.34 Å². The second kappa shape index (κ2) is 6.50. The lowest BCUT2D eigenvalue weighted by Crippen LogP contribution is -2.01. The van der Waals surface area contributed by atoms with E-state index in [2.05, 4.69) is 20.5 Å². The smallest absolute Gasteiger partial charge is 0.252 e. The summed E-state index contributed by atoms with van der Waals surface area (Å²) in [5.41, 5.74) is 0.749. The maximum atomic E-state index is 13.6. The summed E-state index contributed by atoms with van der Waals surface area (Å²) in [6.07, 6.45) is 0. The number of rotatable bonds is 4. The Hall–Kier alpha value is -2.20. The van der Waals surface area contributed by atoms with Crippen molar-refractivity contribution < 1.29 is 17.6 Å². The standard InChI is InChI=1S/C13H6F4N4S2/c14-7-9(8(15)11(17)19-10(7)16)22-13-21-20-12(23-13)18-6-4-2-1-3-5-6/h1-5H,(H,18,20). The van der Waals surface area contributed by atoms with Gasteiger partial charge in [-0.15, -0.1) is 10.2 Å². The lowest BCUT2D eigenvalue weighted by atomic mass is 10.3. The number of halogens is 4. The van der Waals surface area contributed by atoms with Gasteiger partial charge in [0.25, 0.3) is 11.9 Å². The van der Waals surface area contributed by atoms with Gasteiger partial charge >= 0.3 is 0 Å². The summed E-state index contributed by atoms with van der Waals surface area (Å²) in [6.45, 7) is 0. The van der Waals surface area contributed by atoms with Crippen molar-refractivity contribution in [2.75, 3.05) is 5.32 Å². The molecule has 0 saturated carbocycles. The van der Waals surface area contributed by atoms with Gasteiger partial charge in [0.15, 0.2) is 16.0 Å². The first-order valence-electron chi connectivity index (χ1n) is 6.08. The number of hydrogen-bond donors (Lipinski definition) is 1. The minimum Gasteiger partial charge on any atom is -0.330 e. The van der Waals surface area contributed by atoms with Gasteiger partial charge < -0.3 is 5.32 Å². The number of aromatic nitrogens is 3. The Balaban J connectivity index is 1.83. The maximum absolute atomic E-state index is 13.6. The predicted octanol–water partition coefficient (Wildman–Crippen LogP) is 4.38. The first kappa shape index (κ1) is 15.7. The molecule has 3 rings (SSSR count). The van der Waals surface area contributed by atoms with Gasteiger partial charge in [-0.05, 0) is 12.1 Å². The fourth-order valence-electron chi connectivity index (χ4n) is 1.59. The molecule has 0 spiro atoms. The van der Waals surface area contributed by atoms with Gasteiger partial charge in [-0.1, -0.05) is 41.3 Å². The third-order valence-corrected chi connectivity index (χ3v) is 4.53. The minimum absolute atomic E-state index is 0.117. The van der Waals surface area contributed by atoms with E-state index < -0.39 is 28.4 Å². The quantitative estimate of drug-likeness (QED) is 0.554. The summed E-state index contributed by atoms with van der Waals surface area (Å²) >= 11 is 1.42. The molecule has 0 unspecified atom stereocenters. The van der Waals surface area contributed by atoms with Gasteiger partial charge in [-0.2, -0.15) is 13.8 Å². The molecular formula is C13H6F4N4S2. The molecule has 2 heterocycles. The second-order valence-corrected chi connectivity index (χ2v) is 6.35. The van der Waals surface area contributed by atoms with Gasteiger partial charge in [0.1, 0.15) is 0 Å². The number of para-hydroxylation sites is 1. The SMILES string of the molecule is Fc1nc(F)c(F)c(Sc2nnc(Nc3ccccc3)s2)c1F. The van der Waals surface area contributed by atoms with Crippen LogP contribution < -0.4 is 5.32 Å². The Bertz CT molecular complexity index is 815. The van der Waals surface area contributed by atoms with Crippen LogP contribution in [0.5, 0.6) is 0 Å². The largest absolute Gasteiger partial charge is 0.330 e. The molecule has 0 aliphatic rings. The second-order valence-electron chi connectivity index (χ2n) is 4.12. The van der Waals surface area contributed by atoms with E-state index in [1.54, 1.807) is 12.1 Å². The molecule has 10 heteroatoms. The van der Waals surface area contributed by atoms with Crippen molar-refractivity contribution in [3.05, 3.63) is 53.9 Å². The average Bonchev–Trinajstić information content (AvgIpc) is 2.98. The highest BCUT2D eigenvalue weighted by Crippen LogP contribution is 2.36. The van der Waals surface area contributed by atoms with Gasteiger partial charge in [-0.25, -0.2) is 8.78 Å². The van der Waals surface area contributed by atoms with Crippen LogP contribution in [0.2, 0.25) is 0 Å². The van der Waals surface area contributed by atoms with Crippen LogP contribution in [-0.4, -0.2) is 15.2 Å². The summed E-state index contributed by atoms with van der Waals surface area (Å²) in [5, 5.41) is 10.8. The summed E-state index contributed by atoms with van der Waals surface area (Å²) in [6, 6.07) is 9.05. The number of nitrogens with one attached hydrogen (secondary N) is 1. The Labute approximate surface area is 135 Å². The van der Waals surface area contributed by atoms with Crippen LogP contribution >= 0.6 is 23.1 Å². The van der Waals surface area contributed by atoms with E-state index in [9.17, 15) is 17.6 Å². The summed E-state index contributed by atoms with van der Waals surface area (Å²) < 4.78 is 53.4. The van der Waals surface area contributed by atoms with Crippen LogP contribution in [0.25, 0.3) is 0 Å². The van der Waals surface area contributed by atoms with Crippen molar-refractivity contribution in [1.29, 1.82) is 0 Å². The lowest BCUT2D eigenvalue weighted by molar-refractivity contribution is 0.383. The van der Waals surface area contributed by atoms with E-state index in [0.717, 1.165) is 17.0 Å². The molecule has 0 radical (unpaired) electrons. The zero-order valence-corrected chi connectivity index (χ0v) is 12.7. The molecule has 0 atom stereocenters. The molecule has 0 bridgehead atoms. The van der Waals surface area contributed by atoms with Crippen LogP contribution in [0.4, 0.5) is 28.4 Å². The van der Waals surface area contributed by atoms with Crippen molar-refractivity contribution in [1.82, 2.24) is 15.2 Å². The van der Waals surface area contributed by atoms with Crippen molar-refractivity contribution in [3.63, 3.8) is 0 Å². The molecule has 23 heavy (non-hydrogen) atoms. The Morgan fingerprint density at radius 3 is 2.22 bits per heavy atom. The molecule has 0 fully saturated rings. The maximum Gasteiger partial charge on any atom is 0.252 e. The van der Waals surface area contributed by atoms with E-state index >= 15 is 0 Å². The number of pyridine rings is 1. The Morgan fingerprint density at radius 1 is 0.913 bits per heavy atom. The monoisotopic (exact) mass is 358 g/mol. The normalized spacial score (nSPS) is 10.8. The van der Waals surface area contributed by atoms with Crippen molar-refractivity contribution in [3.8, 4) is 0 Å². The summed E-state index contributed by atoms with van der Waals surface area (Å²) in [5.74, 6) is -6.56. The molecule has 3 aromatic rings. The van der Waals surface area contributed by atoms with E-state index in [1.807, 2.05) is 18.2 Å². The van der Waals surface area contributed by atoms with Crippen molar-refractivity contribution in [2.24, 2.45) is 0 Å². The third kappa shape index (κ3) is 3.42. The molecule has 2 aromatic heterocycles. The van der Waals surface area contributed by atoms with Gasteiger partial charge in [0, 0.05) is 5.69 Å². The Kier molecular flexibility index (Phi) is 4.44. The van der Waals surface area contributed by atoms with E-state index in [0.29, 0.717) is 16.9 Å². The van der Waals surface area contributed by atoms with Crippen molar-refractivity contribution >= 4 is 33.9 Å². The van der Waals surface area contributed by atoms with Gasteiger partial charge in [0.2, 0.25) is 5.13 Å². The topological polar surface area (TPSA) is 50.7 Å². The lowest BCUT2D eigenvalue weighted by Gasteiger charge is -2.03. The summed E-state index contributed by atoms with van der Waals surface area (Å²) in [4.78, 5) is 1.64. The molecule has 0 saturated heterocycles. The minimum atomic E-state index is -1.71. The molecule has 0 aliphatic heterocycles. The number of anilines is 2. The number of nitrogens with zero attached hydrogens (tertiary/aromatic N) is 3. The number of hydrogen-bond acceptors (Lipinski definition) is 6. The summed E-state index contributed by atoms with van der Waals surface area (Å²) in [7, 11) is 0. The predicted molar refractivity (Wildman–Crippen MR) is 77.8 cm³/mol. The third-order valence-electron chi connectivity index (χ3n) is 2.58. The van der Waals surface area contributed by atoms with Crippen LogP contribution in [0.1, 0.15) is 0 Å². The fourth-order valence-corrected chi connectivity index (χ4v) is 3.35.